The molecule has 0 spiro atoms. The Labute approximate surface area is 232 Å². The molecule has 0 heterocycles. The van der Waals surface area contributed by atoms with Gasteiger partial charge in [0, 0.05) is 5.56 Å². The van der Waals surface area contributed by atoms with E-state index in [1.807, 2.05) is 24.3 Å². The lowest BCUT2D eigenvalue weighted by molar-refractivity contribution is 0.156. The van der Waals surface area contributed by atoms with Gasteiger partial charge in [0.05, 0.1) is 0 Å². The van der Waals surface area contributed by atoms with Crippen molar-refractivity contribution in [2.24, 2.45) is 17.8 Å². The minimum Gasteiger partial charge on any atom is -0.207 e. The highest BCUT2D eigenvalue weighted by atomic mass is 19.2. The monoisotopic (exact) mass is 530 g/mol. The third kappa shape index (κ3) is 6.34. The molecular formula is C36H41F3. The Morgan fingerprint density at radius 1 is 0.692 bits per heavy atom. The van der Waals surface area contributed by atoms with Crippen molar-refractivity contribution < 1.29 is 13.2 Å². The van der Waals surface area contributed by atoms with Crippen LogP contribution >= 0.6 is 0 Å². The highest BCUT2D eigenvalue weighted by molar-refractivity contribution is 5.71. The predicted octanol–water partition coefficient (Wildman–Crippen LogP) is 11.2. The van der Waals surface area contributed by atoms with Gasteiger partial charge in [-0.2, -0.15) is 0 Å². The zero-order valence-electron chi connectivity index (χ0n) is 23.4. The van der Waals surface area contributed by atoms with Gasteiger partial charge in [0.25, 0.3) is 0 Å². The molecule has 3 heteroatoms. The van der Waals surface area contributed by atoms with E-state index in [1.165, 1.54) is 51.4 Å². The summed E-state index contributed by atoms with van der Waals surface area (Å²) in [7, 11) is 0. The van der Waals surface area contributed by atoms with E-state index >= 15 is 4.39 Å². The number of rotatable bonds is 7. The molecule has 39 heavy (non-hydrogen) atoms. The predicted molar refractivity (Wildman–Crippen MR) is 156 cm³/mol. The fourth-order valence-corrected chi connectivity index (χ4v) is 7.10. The van der Waals surface area contributed by atoms with Crippen molar-refractivity contribution in [1.29, 1.82) is 0 Å². The van der Waals surface area contributed by atoms with Crippen LogP contribution in [0.2, 0.25) is 0 Å². The standard InChI is InChI=1S/C36H41F3/c1-3-4-5-6-25-8-10-26(11-9-25)27-12-16-29(17-13-27)32-22-20-31(23-34(32)37)28-14-18-30(19-15-28)33-21-7-24(2)35(38)36(33)39/h3-4,7,14-15,18-23,25-27,29H,5-6,8-13,16-17H2,1-2H3/b4-3+. The maximum absolute atomic E-state index is 15.3. The van der Waals surface area contributed by atoms with Crippen LogP contribution < -0.4 is 0 Å². The first-order valence-electron chi connectivity index (χ1n) is 14.9. The van der Waals surface area contributed by atoms with Crippen LogP contribution in [0.1, 0.15) is 88.2 Å². The van der Waals surface area contributed by atoms with Crippen molar-refractivity contribution in [3.05, 3.63) is 95.3 Å². The Morgan fingerprint density at radius 2 is 1.31 bits per heavy atom. The molecular weight excluding hydrogens is 489 g/mol. The number of allylic oxidation sites excluding steroid dienone is 2. The van der Waals surface area contributed by atoms with Crippen molar-refractivity contribution in [3.63, 3.8) is 0 Å². The van der Waals surface area contributed by atoms with Gasteiger partial charge in [-0.3, -0.25) is 0 Å². The van der Waals surface area contributed by atoms with E-state index in [0.29, 0.717) is 11.5 Å². The summed E-state index contributed by atoms with van der Waals surface area (Å²) >= 11 is 0. The zero-order valence-corrected chi connectivity index (χ0v) is 23.4. The minimum atomic E-state index is -0.833. The van der Waals surface area contributed by atoms with Crippen LogP contribution in [0.25, 0.3) is 22.3 Å². The summed E-state index contributed by atoms with van der Waals surface area (Å²) in [6, 6.07) is 16.0. The number of hydrogen-bond acceptors (Lipinski definition) is 0. The van der Waals surface area contributed by atoms with Gasteiger partial charge in [0.2, 0.25) is 0 Å². The van der Waals surface area contributed by atoms with E-state index in [4.69, 9.17) is 0 Å². The Hall–Kier alpha value is -2.81. The smallest absolute Gasteiger partial charge is 0.166 e. The highest BCUT2D eigenvalue weighted by Crippen LogP contribution is 2.45. The molecule has 3 aromatic carbocycles. The third-order valence-corrected chi connectivity index (χ3v) is 9.55. The molecule has 0 nitrogen and oxygen atoms in total. The fraction of sp³-hybridized carbons (Fsp3) is 0.444. The minimum absolute atomic E-state index is 0.131. The molecule has 2 saturated carbocycles. The average molecular weight is 531 g/mol. The van der Waals surface area contributed by atoms with Gasteiger partial charge in [-0.15, -0.1) is 0 Å². The Bertz CT molecular complexity index is 1270. The van der Waals surface area contributed by atoms with Crippen LogP contribution in [0.3, 0.4) is 0 Å². The Balaban J connectivity index is 1.18. The lowest BCUT2D eigenvalue weighted by atomic mass is 9.68. The zero-order chi connectivity index (χ0) is 27.4. The van der Waals surface area contributed by atoms with Gasteiger partial charge >= 0.3 is 0 Å². The lowest BCUT2D eigenvalue weighted by Crippen LogP contribution is -2.25. The molecule has 2 fully saturated rings. The Kier molecular flexibility index (Phi) is 8.95. The summed E-state index contributed by atoms with van der Waals surface area (Å²) < 4.78 is 43.8. The van der Waals surface area contributed by atoms with E-state index in [-0.39, 0.29) is 16.9 Å². The van der Waals surface area contributed by atoms with Crippen LogP contribution in [0, 0.1) is 42.1 Å². The summed E-state index contributed by atoms with van der Waals surface area (Å²) in [5, 5.41) is 0. The van der Waals surface area contributed by atoms with Crippen LogP contribution in [-0.2, 0) is 0 Å². The number of benzene rings is 3. The van der Waals surface area contributed by atoms with Gasteiger partial charge in [-0.25, -0.2) is 13.2 Å². The lowest BCUT2D eigenvalue weighted by Gasteiger charge is -2.38. The maximum Gasteiger partial charge on any atom is 0.166 e. The molecule has 206 valence electrons. The maximum atomic E-state index is 15.3. The van der Waals surface area contributed by atoms with E-state index in [0.717, 1.165) is 47.3 Å². The highest BCUT2D eigenvalue weighted by Gasteiger charge is 2.32. The first-order chi connectivity index (χ1) is 18.9. The normalized spacial score (nSPS) is 23.8. The summed E-state index contributed by atoms with van der Waals surface area (Å²) in [6.07, 6.45) is 17.2. The van der Waals surface area contributed by atoms with Gasteiger partial charge in [-0.05, 0) is 123 Å². The second-order valence-corrected chi connectivity index (χ2v) is 11.9. The third-order valence-electron chi connectivity index (χ3n) is 9.55. The molecule has 0 bridgehead atoms. The SMILES string of the molecule is C/C=C/CCC1CCC(C2CCC(c3ccc(-c4ccc(-c5ccc(C)c(F)c5F)cc4)cc3F)CC2)CC1. The number of hydrogen-bond donors (Lipinski definition) is 0. The molecule has 0 aliphatic heterocycles. The summed E-state index contributed by atoms with van der Waals surface area (Å²) in [4.78, 5) is 0. The van der Waals surface area contributed by atoms with Gasteiger partial charge in [0.15, 0.2) is 11.6 Å². The quantitative estimate of drug-likeness (QED) is 0.267. The molecule has 0 radical (unpaired) electrons. The largest absolute Gasteiger partial charge is 0.207 e. The van der Waals surface area contributed by atoms with Crippen molar-refractivity contribution in [3.8, 4) is 22.3 Å². The molecule has 0 amide bonds. The molecule has 0 unspecified atom stereocenters. The molecule has 3 aromatic rings. The molecule has 0 atom stereocenters. The van der Waals surface area contributed by atoms with Gasteiger partial charge < -0.3 is 0 Å². The molecule has 2 aliphatic carbocycles. The van der Waals surface area contributed by atoms with Crippen LogP contribution in [0.5, 0.6) is 0 Å². The molecule has 2 aliphatic rings. The second-order valence-electron chi connectivity index (χ2n) is 11.9. The summed E-state index contributed by atoms with van der Waals surface area (Å²) in [5.41, 5.74) is 3.64. The fourth-order valence-electron chi connectivity index (χ4n) is 7.10. The first kappa shape index (κ1) is 27.7. The number of aryl methyl sites for hydroxylation is 1. The summed E-state index contributed by atoms with van der Waals surface area (Å²) in [6.45, 7) is 3.65. The van der Waals surface area contributed by atoms with E-state index in [2.05, 4.69) is 19.1 Å². The second kappa shape index (κ2) is 12.6. The summed E-state index contributed by atoms with van der Waals surface area (Å²) in [5.74, 6) is 1.10. The Morgan fingerprint density at radius 3 is 1.95 bits per heavy atom. The first-order valence-corrected chi connectivity index (χ1v) is 14.9. The topological polar surface area (TPSA) is 0 Å². The molecule has 0 N–H and O–H groups in total. The molecule has 0 aromatic heterocycles. The van der Waals surface area contributed by atoms with Crippen molar-refractivity contribution in [2.75, 3.05) is 0 Å². The van der Waals surface area contributed by atoms with E-state index in [1.54, 1.807) is 37.3 Å². The van der Waals surface area contributed by atoms with Crippen LogP contribution in [-0.4, -0.2) is 0 Å². The molecule has 0 saturated heterocycles. The van der Waals surface area contributed by atoms with Crippen molar-refractivity contribution in [1.82, 2.24) is 0 Å². The van der Waals surface area contributed by atoms with E-state index < -0.39 is 11.6 Å². The van der Waals surface area contributed by atoms with Crippen molar-refractivity contribution >= 4 is 0 Å². The van der Waals surface area contributed by atoms with Crippen molar-refractivity contribution in [2.45, 2.75) is 84.0 Å². The van der Waals surface area contributed by atoms with E-state index in [9.17, 15) is 8.78 Å². The van der Waals surface area contributed by atoms with Gasteiger partial charge in [0.1, 0.15) is 5.82 Å². The molecule has 5 rings (SSSR count). The average Bonchev–Trinajstić information content (AvgIpc) is 2.97. The van der Waals surface area contributed by atoms with Crippen LogP contribution in [0.15, 0.2) is 66.7 Å². The van der Waals surface area contributed by atoms with Gasteiger partial charge in [-0.1, -0.05) is 73.5 Å². The van der Waals surface area contributed by atoms with Crippen LogP contribution in [0.4, 0.5) is 13.2 Å². The number of halogens is 3.